The quantitative estimate of drug-likeness (QED) is 0.552. The van der Waals surface area contributed by atoms with Crippen LogP contribution in [-0.2, 0) is 4.79 Å². The lowest BCUT2D eigenvalue weighted by Gasteiger charge is -2.05. The van der Waals surface area contributed by atoms with Gasteiger partial charge >= 0.3 is 5.76 Å². The second-order valence-corrected chi connectivity index (χ2v) is 4.78. The third kappa shape index (κ3) is 3.29. The van der Waals surface area contributed by atoms with Crippen LogP contribution in [0.2, 0.25) is 0 Å². The van der Waals surface area contributed by atoms with E-state index in [0.29, 0.717) is 22.6 Å². The molecule has 116 valence electrons. The van der Waals surface area contributed by atoms with E-state index in [1.54, 1.807) is 30.3 Å². The lowest BCUT2D eigenvalue weighted by Crippen LogP contribution is -2.17. The average Bonchev–Trinajstić information content (AvgIpc) is 2.92. The second-order valence-electron chi connectivity index (χ2n) is 4.78. The summed E-state index contributed by atoms with van der Waals surface area (Å²) in [4.78, 5) is 30.4. The zero-order valence-electron chi connectivity index (χ0n) is 12.0. The smallest absolute Gasteiger partial charge is 0.408 e. The highest BCUT2D eigenvalue weighted by molar-refractivity contribution is 6.10. The predicted octanol–water partition coefficient (Wildman–Crippen LogP) is 1.78. The number of para-hydroxylation sites is 1. The van der Waals surface area contributed by atoms with Crippen molar-refractivity contribution in [3.63, 3.8) is 0 Å². The molecule has 1 heterocycles. The third-order valence-electron chi connectivity index (χ3n) is 3.12. The van der Waals surface area contributed by atoms with E-state index in [4.69, 9.17) is 15.0 Å². The van der Waals surface area contributed by atoms with E-state index in [1.807, 2.05) is 18.2 Å². The molecule has 3 N–H and O–H groups in total. The number of nitrogens with one attached hydrogen (secondary N) is 1. The SMILES string of the molecule is NC(=O)C/C(=N\Oc1cccc2oc(=O)[nH]c12)c1ccccc1. The molecule has 0 spiro atoms. The molecule has 0 bridgehead atoms. The number of benzene rings is 2. The maximum atomic E-state index is 11.3. The van der Waals surface area contributed by atoms with Crippen LogP contribution < -0.4 is 16.3 Å². The van der Waals surface area contributed by atoms with Gasteiger partial charge in [-0.15, -0.1) is 0 Å². The Morgan fingerprint density at radius 2 is 1.96 bits per heavy atom. The van der Waals surface area contributed by atoms with Gasteiger partial charge in [0.15, 0.2) is 11.3 Å². The first-order valence-electron chi connectivity index (χ1n) is 6.83. The predicted molar refractivity (Wildman–Crippen MR) is 84.3 cm³/mol. The van der Waals surface area contributed by atoms with Gasteiger partial charge in [0.05, 0.1) is 12.1 Å². The number of fused-ring (bicyclic) bond motifs is 1. The van der Waals surface area contributed by atoms with Crippen molar-refractivity contribution >= 4 is 22.7 Å². The first-order chi connectivity index (χ1) is 11.1. The first kappa shape index (κ1) is 14.6. The normalized spacial score (nSPS) is 11.6. The number of hydrogen-bond donors (Lipinski definition) is 2. The number of hydrogen-bond acceptors (Lipinski definition) is 5. The fourth-order valence-electron chi connectivity index (χ4n) is 2.11. The van der Waals surface area contributed by atoms with Crippen molar-refractivity contribution in [1.82, 2.24) is 4.98 Å². The van der Waals surface area contributed by atoms with Gasteiger partial charge in [0, 0.05) is 0 Å². The molecule has 0 saturated heterocycles. The number of amides is 1. The number of aromatic nitrogens is 1. The summed E-state index contributed by atoms with van der Waals surface area (Å²) >= 11 is 0. The minimum absolute atomic E-state index is 0.0676. The molecule has 0 radical (unpaired) electrons. The maximum Gasteiger partial charge on any atom is 0.417 e. The van der Waals surface area contributed by atoms with Gasteiger partial charge in [-0.05, 0) is 17.7 Å². The van der Waals surface area contributed by atoms with Gasteiger partial charge in [-0.3, -0.25) is 9.78 Å². The Bertz CT molecular complexity index is 925. The molecule has 2 aromatic carbocycles. The van der Waals surface area contributed by atoms with Crippen molar-refractivity contribution in [1.29, 1.82) is 0 Å². The van der Waals surface area contributed by atoms with Crippen LogP contribution in [0.15, 0.2) is 62.9 Å². The topological polar surface area (TPSA) is 111 Å². The first-order valence-corrected chi connectivity index (χ1v) is 6.83. The number of rotatable bonds is 5. The maximum absolute atomic E-state index is 11.3. The Kier molecular flexibility index (Phi) is 3.92. The van der Waals surface area contributed by atoms with Gasteiger partial charge < -0.3 is 15.0 Å². The van der Waals surface area contributed by atoms with Gasteiger partial charge in [0.2, 0.25) is 5.91 Å². The Morgan fingerprint density at radius 3 is 2.70 bits per heavy atom. The Morgan fingerprint density at radius 1 is 1.17 bits per heavy atom. The molecule has 0 aliphatic heterocycles. The van der Waals surface area contributed by atoms with E-state index >= 15 is 0 Å². The van der Waals surface area contributed by atoms with Crippen LogP contribution in [0.25, 0.3) is 11.1 Å². The van der Waals surface area contributed by atoms with Crippen LogP contribution in [0.4, 0.5) is 0 Å². The standard InChI is InChI=1S/C16H13N3O4/c17-14(20)9-11(10-5-2-1-3-6-10)19-23-13-8-4-7-12-15(13)18-16(21)22-12/h1-8H,9H2,(H2,17,20)(H,18,21)/b19-11+. The van der Waals surface area contributed by atoms with Crippen LogP contribution in [0, 0.1) is 0 Å². The molecule has 7 nitrogen and oxygen atoms in total. The molecule has 0 fully saturated rings. The zero-order valence-corrected chi connectivity index (χ0v) is 12.0. The number of oxazole rings is 1. The summed E-state index contributed by atoms with van der Waals surface area (Å²) in [6.45, 7) is 0. The summed E-state index contributed by atoms with van der Waals surface area (Å²) in [7, 11) is 0. The fraction of sp³-hybridized carbons (Fsp3) is 0.0625. The zero-order chi connectivity index (χ0) is 16.2. The highest BCUT2D eigenvalue weighted by atomic mass is 16.6. The summed E-state index contributed by atoms with van der Waals surface area (Å²) in [5.41, 5.74) is 7.12. The van der Waals surface area contributed by atoms with Crippen molar-refractivity contribution < 1.29 is 14.0 Å². The van der Waals surface area contributed by atoms with E-state index in [-0.39, 0.29) is 6.42 Å². The number of carbonyl (C=O) groups is 1. The minimum atomic E-state index is -0.583. The highest BCUT2D eigenvalue weighted by Gasteiger charge is 2.11. The number of carbonyl (C=O) groups excluding carboxylic acids is 1. The number of H-pyrrole nitrogens is 1. The summed E-state index contributed by atoms with van der Waals surface area (Å²) in [6.07, 6.45) is -0.0676. The molecule has 0 atom stereocenters. The third-order valence-corrected chi connectivity index (χ3v) is 3.12. The van der Waals surface area contributed by atoms with Crippen LogP contribution in [-0.4, -0.2) is 16.6 Å². The Balaban J connectivity index is 1.96. The molecule has 0 aliphatic rings. The van der Waals surface area contributed by atoms with Gasteiger partial charge in [-0.25, -0.2) is 4.79 Å². The monoisotopic (exact) mass is 311 g/mol. The summed E-state index contributed by atoms with van der Waals surface area (Å²) < 4.78 is 4.95. The van der Waals surface area contributed by atoms with E-state index in [1.165, 1.54) is 0 Å². The molecule has 7 heteroatoms. The molecular weight excluding hydrogens is 298 g/mol. The molecular formula is C16H13N3O4. The van der Waals surface area contributed by atoms with Crippen molar-refractivity contribution in [2.24, 2.45) is 10.9 Å². The summed E-state index contributed by atoms with van der Waals surface area (Å²) in [6, 6.07) is 14.0. The number of aromatic amines is 1. The molecule has 0 unspecified atom stereocenters. The summed E-state index contributed by atoms with van der Waals surface area (Å²) in [5, 5.41) is 4.02. The molecule has 0 saturated carbocycles. The minimum Gasteiger partial charge on any atom is -0.408 e. The summed E-state index contributed by atoms with van der Waals surface area (Å²) in [5.74, 6) is -0.794. The number of oxime groups is 1. The Labute approximate surface area is 130 Å². The number of nitrogens with zero attached hydrogens (tertiary/aromatic N) is 1. The van der Waals surface area contributed by atoms with Gasteiger partial charge in [-0.1, -0.05) is 41.6 Å². The van der Waals surface area contributed by atoms with Crippen molar-refractivity contribution in [3.8, 4) is 5.75 Å². The van der Waals surface area contributed by atoms with Crippen LogP contribution in [0.1, 0.15) is 12.0 Å². The molecule has 1 aromatic heterocycles. The van der Waals surface area contributed by atoms with Gasteiger partial charge in [0.1, 0.15) is 5.52 Å². The van der Waals surface area contributed by atoms with Crippen molar-refractivity contribution in [2.75, 3.05) is 0 Å². The van der Waals surface area contributed by atoms with E-state index in [9.17, 15) is 9.59 Å². The lowest BCUT2D eigenvalue weighted by molar-refractivity contribution is -0.116. The fourth-order valence-corrected chi connectivity index (χ4v) is 2.11. The molecule has 1 amide bonds. The van der Waals surface area contributed by atoms with E-state index in [2.05, 4.69) is 10.1 Å². The molecule has 3 rings (SSSR count). The van der Waals surface area contributed by atoms with Gasteiger partial charge in [-0.2, -0.15) is 0 Å². The van der Waals surface area contributed by atoms with Gasteiger partial charge in [0.25, 0.3) is 0 Å². The highest BCUT2D eigenvalue weighted by Crippen LogP contribution is 2.23. The van der Waals surface area contributed by atoms with Crippen LogP contribution in [0.3, 0.4) is 0 Å². The molecule has 0 aliphatic carbocycles. The Hall–Kier alpha value is -3.35. The van der Waals surface area contributed by atoms with E-state index < -0.39 is 11.7 Å². The van der Waals surface area contributed by atoms with Crippen LogP contribution in [0.5, 0.6) is 5.75 Å². The molecule has 23 heavy (non-hydrogen) atoms. The van der Waals surface area contributed by atoms with E-state index in [0.717, 1.165) is 5.56 Å². The van der Waals surface area contributed by atoms with Crippen molar-refractivity contribution in [2.45, 2.75) is 6.42 Å². The van der Waals surface area contributed by atoms with Crippen LogP contribution >= 0.6 is 0 Å². The average molecular weight is 311 g/mol. The molecule has 3 aromatic rings. The number of primary amides is 1. The largest absolute Gasteiger partial charge is 0.417 e. The number of nitrogens with two attached hydrogens (primary N) is 1. The van der Waals surface area contributed by atoms with Crippen molar-refractivity contribution in [3.05, 3.63) is 64.6 Å². The lowest BCUT2D eigenvalue weighted by atomic mass is 10.1. The second kappa shape index (κ2) is 6.18.